The second-order valence-electron chi connectivity index (χ2n) is 3.36. The van der Waals surface area contributed by atoms with Crippen LogP contribution in [-0.4, -0.2) is 30.0 Å². The van der Waals surface area contributed by atoms with Gasteiger partial charge in [-0.3, -0.25) is 0 Å². The largest absolute Gasteiger partial charge is 0.508 e. The Morgan fingerprint density at radius 3 is 2.40 bits per heavy atom. The van der Waals surface area contributed by atoms with Crippen molar-refractivity contribution in [3.8, 4) is 11.5 Å². The van der Waals surface area contributed by atoms with Gasteiger partial charge in [-0.2, -0.15) is 0 Å². The van der Waals surface area contributed by atoms with Crippen LogP contribution in [0.5, 0.6) is 11.5 Å². The fraction of sp³-hybridized carbons (Fsp3) is 0.400. The molecule has 1 aromatic carbocycles. The SMILES string of the molecule is Cl.Oc1cc(O)cc([C@@H]2COCCN2)c1. The van der Waals surface area contributed by atoms with Crippen LogP contribution in [0, 0.1) is 0 Å². The Kier molecular flexibility index (Phi) is 4.20. The number of hydrogen-bond donors (Lipinski definition) is 3. The van der Waals surface area contributed by atoms with Crippen molar-refractivity contribution < 1.29 is 14.9 Å². The summed E-state index contributed by atoms with van der Waals surface area (Å²) in [5.41, 5.74) is 0.849. The van der Waals surface area contributed by atoms with Crippen LogP contribution in [0.2, 0.25) is 0 Å². The molecule has 0 unspecified atom stereocenters. The molecular weight excluding hydrogens is 218 g/mol. The van der Waals surface area contributed by atoms with Gasteiger partial charge in [0.2, 0.25) is 0 Å². The number of phenols is 2. The monoisotopic (exact) mass is 231 g/mol. The first kappa shape index (κ1) is 12.1. The highest BCUT2D eigenvalue weighted by Gasteiger charge is 2.16. The molecule has 0 aliphatic carbocycles. The van der Waals surface area contributed by atoms with Crippen LogP contribution in [0.25, 0.3) is 0 Å². The maximum absolute atomic E-state index is 9.30. The molecule has 1 saturated heterocycles. The van der Waals surface area contributed by atoms with Crippen molar-refractivity contribution >= 4 is 12.4 Å². The molecule has 1 fully saturated rings. The Morgan fingerprint density at radius 2 is 1.87 bits per heavy atom. The number of nitrogens with one attached hydrogen (secondary N) is 1. The van der Waals surface area contributed by atoms with Crippen LogP contribution in [0.4, 0.5) is 0 Å². The van der Waals surface area contributed by atoms with Crippen LogP contribution in [0.15, 0.2) is 18.2 Å². The second kappa shape index (κ2) is 5.21. The molecule has 0 radical (unpaired) electrons. The fourth-order valence-corrected chi connectivity index (χ4v) is 1.60. The number of morpholine rings is 1. The van der Waals surface area contributed by atoms with Crippen LogP contribution < -0.4 is 5.32 Å². The summed E-state index contributed by atoms with van der Waals surface area (Å²) in [4.78, 5) is 0. The third kappa shape index (κ3) is 2.99. The molecule has 1 aliphatic heterocycles. The van der Waals surface area contributed by atoms with Gasteiger partial charge in [0.05, 0.1) is 19.3 Å². The number of ether oxygens (including phenoxy) is 1. The Morgan fingerprint density at radius 1 is 1.20 bits per heavy atom. The summed E-state index contributed by atoms with van der Waals surface area (Å²) in [6.07, 6.45) is 0. The van der Waals surface area contributed by atoms with E-state index in [0.717, 1.165) is 12.1 Å². The molecule has 0 saturated carbocycles. The molecule has 5 heteroatoms. The number of rotatable bonds is 1. The van der Waals surface area contributed by atoms with E-state index in [1.165, 1.54) is 6.07 Å². The molecule has 2 rings (SSSR count). The average Bonchev–Trinajstić information content (AvgIpc) is 2.18. The third-order valence-corrected chi connectivity index (χ3v) is 2.25. The van der Waals surface area contributed by atoms with Crippen LogP contribution in [-0.2, 0) is 4.74 Å². The molecule has 1 heterocycles. The molecule has 0 spiro atoms. The minimum Gasteiger partial charge on any atom is -0.508 e. The Labute approximate surface area is 94.3 Å². The Hall–Kier alpha value is -0.970. The van der Waals surface area contributed by atoms with Gasteiger partial charge in [0, 0.05) is 12.6 Å². The highest BCUT2D eigenvalue weighted by Crippen LogP contribution is 2.25. The zero-order valence-electron chi connectivity index (χ0n) is 8.14. The van der Waals surface area contributed by atoms with Crippen LogP contribution >= 0.6 is 12.4 Å². The first-order valence-electron chi connectivity index (χ1n) is 4.60. The van der Waals surface area contributed by atoms with E-state index < -0.39 is 0 Å². The van der Waals surface area contributed by atoms with Gasteiger partial charge < -0.3 is 20.3 Å². The van der Waals surface area contributed by atoms with Gasteiger partial charge in [-0.15, -0.1) is 12.4 Å². The molecule has 1 atom stereocenters. The molecule has 0 aromatic heterocycles. The number of benzene rings is 1. The smallest absolute Gasteiger partial charge is 0.119 e. The van der Waals surface area contributed by atoms with Crippen LogP contribution in [0.3, 0.4) is 0 Å². The summed E-state index contributed by atoms with van der Waals surface area (Å²) in [7, 11) is 0. The summed E-state index contributed by atoms with van der Waals surface area (Å²) in [5.74, 6) is 0.153. The first-order chi connectivity index (χ1) is 6.75. The molecule has 1 aliphatic rings. The number of hydrogen-bond acceptors (Lipinski definition) is 4. The lowest BCUT2D eigenvalue weighted by Crippen LogP contribution is -2.34. The zero-order valence-corrected chi connectivity index (χ0v) is 8.96. The van der Waals surface area contributed by atoms with Gasteiger partial charge in [-0.1, -0.05) is 0 Å². The van der Waals surface area contributed by atoms with E-state index in [9.17, 15) is 10.2 Å². The maximum Gasteiger partial charge on any atom is 0.119 e. The third-order valence-electron chi connectivity index (χ3n) is 2.25. The topological polar surface area (TPSA) is 61.7 Å². The summed E-state index contributed by atoms with van der Waals surface area (Å²) in [6, 6.07) is 4.63. The van der Waals surface area contributed by atoms with Crippen molar-refractivity contribution in [1.82, 2.24) is 5.32 Å². The van der Waals surface area contributed by atoms with Crippen LogP contribution in [0.1, 0.15) is 11.6 Å². The van der Waals surface area contributed by atoms with E-state index in [-0.39, 0.29) is 29.9 Å². The number of phenolic OH excluding ortho intramolecular Hbond substituents is 2. The van der Waals surface area contributed by atoms with Gasteiger partial charge in [-0.05, 0) is 17.7 Å². The molecule has 15 heavy (non-hydrogen) atoms. The van der Waals surface area contributed by atoms with Crippen molar-refractivity contribution in [2.75, 3.05) is 19.8 Å². The van der Waals surface area contributed by atoms with Crippen molar-refractivity contribution in [2.24, 2.45) is 0 Å². The highest BCUT2D eigenvalue weighted by molar-refractivity contribution is 5.85. The molecule has 1 aromatic rings. The quantitative estimate of drug-likeness (QED) is 0.679. The summed E-state index contributed by atoms with van der Waals surface area (Å²) in [6.45, 7) is 2.07. The Bertz CT molecular complexity index is 306. The van der Waals surface area contributed by atoms with E-state index in [2.05, 4.69) is 5.32 Å². The molecular formula is C10H14ClNO3. The van der Waals surface area contributed by atoms with Gasteiger partial charge >= 0.3 is 0 Å². The van der Waals surface area contributed by atoms with Crippen molar-refractivity contribution in [1.29, 1.82) is 0 Å². The standard InChI is InChI=1S/C10H13NO3.ClH/c12-8-3-7(4-9(13)5-8)10-6-14-2-1-11-10;/h3-5,10-13H,1-2,6H2;1H/t10-;/m0./s1. The van der Waals surface area contributed by atoms with E-state index in [1.807, 2.05) is 0 Å². The van der Waals surface area contributed by atoms with Gasteiger partial charge in [0.25, 0.3) is 0 Å². The lowest BCUT2D eigenvalue weighted by molar-refractivity contribution is 0.0767. The predicted octanol–water partition coefficient (Wildman–Crippen LogP) is 1.18. The van der Waals surface area contributed by atoms with Gasteiger partial charge in [0.15, 0.2) is 0 Å². The molecule has 3 N–H and O–H groups in total. The maximum atomic E-state index is 9.30. The van der Waals surface area contributed by atoms with Crippen molar-refractivity contribution in [3.05, 3.63) is 23.8 Å². The van der Waals surface area contributed by atoms with E-state index >= 15 is 0 Å². The van der Waals surface area contributed by atoms with Crippen molar-refractivity contribution in [3.63, 3.8) is 0 Å². The summed E-state index contributed by atoms with van der Waals surface area (Å²) in [5, 5.41) is 21.8. The Balaban J connectivity index is 0.00000112. The fourth-order valence-electron chi connectivity index (χ4n) is 1.60. The van der Waals surface area contributed by atoms with Gasteiger partial charge in [-0.25, -0.2) is 0 Å². The molecule has 84 valence electrons. The van der Waals surface area contributed by atoms with Crippen molar-refractivity contribution in [2.45, 2.75) is 6.04 Å². The minimum atomic E-state index is 0. The van der Waals surface area contributed by atoms with E-state index in [4.69, 9.17) is 4.74 Å². The number of halogens is 1. The zero-order chi connectivity index (χ0) is 9.97. The lowest BCUT2D eigenvalue weighted by Gasteiger charge is -2.24. The normalized spacial score (nSPS) is 20.7. The summed E-state index contributed by atoms with van der Waals surface area (Å²) >= 11 is 0. The molecule has 4 nitrogen and oxygen atoms in total. The predicted molar refractivity (Wildman–Crippen MR) is 58.6 cm³/mol. The van der Waals surface area contributed by atoms with Gasteiger partial charge in [0.1, 0.15) is 11.5 Å². The highest BCUT2D eigenvalue weighted by atomic mass is 35.5. The second-order valence-corrected chi connectivity index (χ2v) is 3.36. The number of aromatic hydroxyl groups is 2. The minimum absolute atomic E-state index is 0. The average molecular weight is 232 g/mol. The van der Waals surface area contributed by atoms with E-state index in [1.54, 1.807) is 12.1 Å². The lowest BCUT2D eigenvalue weighted by atomic mass is 10.1. The molecule has 0 amide bonds. The summed E-state index contributed by atoms with van der Waals surface area (Å²) < 4.78 is 5.29. The first-order valence-corrected chi connectivity index (χ1v) is 4.60. The molecule has 0 bridgehead atoms. The van der Waals surface area contributed by atoms with E-state index in [0.29, 0.717) is 13.2 Å².